The molecular formula is C12H11N3O3. The van der Waals surface area contributed by atoms with Crippen LogP contribution in [0.15, 0.2) is 36.7 Å². The summed E-state index contributed by atoms with van der Waals surface area (Å²) in [7, 11) is 0. The molecule has 0 aliphatic heterocycles. The highest BCUT2D eigenvalue weighted by Crippen LogP contribution is 2.05. The van der Waals surface area contributed by atoms with Crippen molar-refractivity contribution in [2.75, 3.05) is 0 Å². The highest BCUT2D eigenvalue weighted by atomic mass is 16.4. The molecule has 1 aromatic heterocycles. The molecule has 2 aromatic rings. The lowest BCUT2D eigenvalue weighted by molar-refractivity contribution is 0.0696. The largest absolute Gasteiger partial charge is 0.478 e. The molecule has 0 unspecified atom stereocenters. The third-order valence-corrected chi connectivity index (χ3v) is 2.40. The molecule has 0 aliphatic rings. The van der Waals surface area contributed by atoms with Gasteiger partial charge < -0.3 is 10.4 Å². The lowest BCUT2D eigenvalue weighted by Gasteiger charge is -2.03. The van der Waals surface area contributed by atoms with Crippen LogP contribution in [0.5, 0.6) is 0 Å². The summed E-state index contributed by atoms with van der Waals surface area (Å²) in [6, 6.07) is 5.76. The van der Waals surface area contributed by atoms with E-state index < -0.39 is 5.97 Å². The van der Waals surface area contributed by atoms with Crippen LogP contribution in [0.25, 0.3) is 0 Å². The molecule has 0 fully saturated rings. The second-order valence-corrected chi connectivity index (χ2v) is 3.67. The minimum atomic E-state index is -1.01. The van der Waals surface area contributed by atoms with Crippen molar-refractivity contribution in [2.24, 2.45) is 0 Å². The van der Waals surface area contributed by atoms with E-state index in [1.54, 1.807) is 12.4 Å². The third-order valence-electron chi connectivity index (χ3n) is 2.40. The first kappa shape index (κ1) is 11.8. The summed E-state index contributed by atoms with van der Waals surface area (Å²) in [5.74, 6) is -1.27. The predicted molar refractivity (Wildman–Crippen MR) is 63.2 cm³/mol. The van der Waals surface area contributed by atoms with Crippen LogP contribution in [-0.2, 0) is 6.54 Å². The van der Waals surface area contributed by atoms with Crippen molar-refractivity contribution < 1.29 is 14.7 Å². The van der Waals surface area contributed by atoms with Crippen LogP contribution in [-0.4, -0.2) is 27.2 Å². The standard InChI is InChI=1S/C12H11N3O3/c16-11(13-5-8-6-14-15-7-8)9-1-3-10(4-2-9)12(17)18/h1-4,6-7H,5H2,(H,13,16)(H,14,15)(H,17,18). The van der Waals surface area contributed by atoms with Gasteiger partial charge in [-0.3, -0.25) is 9.89 Å². The molecule has 0 spiro atoms. The van der Waals surface area contributed by atoms with Gasteiger partial charge in [-0.05, 0) is 24.3 Å². The van der Waals surface area contributed by atoms with E-state index in [-0.39, 0.29) is 11.5 Å². The van der Waals surface area contributed by atoms with E-state index in [0.717, 1.165) is 5.56 Å². The van der Waals surface area contributed by atoms with Gasteiger partial charge in [0.15, 0.2) is 0 Å². The number of carbonyl (C=O) groups excluding carboxylic acids is 1. The second kappa shape index (κ2) is 5.13. The highest BCUT2D eigenvalue weighted by molar-refractivity contribution is 5.95. The Labute approximate surface area is 103 Å². The Bertz CT molecular complexity index is 546. The Balaban J connectivity index is 1.98. The van der Waals surface area contributed by atoms with E-state index in [2.05, 4.69) is 15.5 Å². The van der Waals surface area contributed by atoms with Gasteiger partial charge in [0.05, 0.1) is 11.8 Å². The molecule has 6 nitrogen and oxygen atoms in total. The fraction of sp³-hybridized carbons (Fsp3) is 0.0833. The zero-order valence-corrected chi connectivity index (χ0v) is 9.38. The van der Waals surface area contributed by atoms with E-state index in [9.17, 15) is 9.59 Å². The molecule has 0 radical (unpaired) electrons. The maximum atomic E-state index is 11.7. The molecule has 6 heteroatoms. The summed E-state index contributed by atoms with van der Waals surface area (Å²) >= 11 is 0. The van der Waals surface area contributed by atoms with Gasteiger partial charge >= 0.3 is 5.97 Å². The fourth-order valence-electron chi connectivity index (χ4n) is 1.42. The Morgan fingerprint density at radius 1 is 1.22 bits per heavy atom. The van der Waals surface area contributed by atoms with E-state index in [0.29, 0.717) is 12.1 Å². The number of carboxylic acid groups (broad SMARTS) is 1. The van der Waals surface area contributed by atoms with Crippen molar-refractivity contribution in [3.05, 3.63) is 53.3 Å². The van der Waals surface area contributed by atoms with E-state index in [1.807, 2.05) is 0 Å². The van der Waals surface area contributed by atoms with Crippen LogP contribution in [0.2, 0.25) is 0 Å². The topological polar surface area (TPSA) is 95.1 Å². The van der Waals surface area contributed by atoms with Gasteiger partial charge in [0.1, 0.15) is 0 Å². The van der Waals surface area contributed by atoms with Gasteiger partial charge in [-0.2, -0.15) is 5.10 Å². The summed E-state index contributed by atoms with van der Waals surface area (Å²) in [4.78, 5) is 22.4. The molecule has 1 aromatic carbocycles. The normalized spacial score (nSPS) is 10.0. The molecule has 0 aliphatic carbocycles. The van der Waals surface area contributed by atoms with Crippen molar-refractivity contribution in [3.63, 3.8) is 0 Å². The maximum Gasteiger partial charge on any atom is 0.335 e. The Kier molecular flexibility index (Phi) is 3.38. The molecule has 0 saturated heterocycles. The number of aromatic amines is 1. The minimum Gasteiger partial charge on any atom is -0.478 e. The number of hydrogen-bond donors (Lipinski definition) is 3. The summed E-state index contributed by atoms with van der Waals surface area (Å²) in [6.45, 7) is 0.371. The number of rotatable bonds is 4. The van der Waals surface area contributed by atoms with Crippen LogP contribution in [0.4, 0.5) is 0 Å². The molecule has 18 heavy (non-hydrogen) atoms. The zero-order chi connectivity index (χ0) is 13.0. The van der Waals surface area contributed by atoms with Gasteiger partial charge in [0.25, 0.3) is 5.91 Å². The second-order valence-electron chi connectivity index (χ2n) is 3.67. The van der Waals surface area contributed by atoms with Gasteiger partial charge in [-0.25, -0.2) is 4.79 Å². The number of carboxylic acids is 1. The molecule has 1 amide bonds. The fourth-order valence-corrected chi connectivity index (χ4v) is 1.42. The van der Waals surface area contributed by atoms with Crippen molar-refractivity contribution in [2.45, 2.75) is 6.54 Å². The Morgan fingerprint density at radius 3 is 2.44 bits per heavy atom. The first-order chi connectivity index (χ1) is 8.66. The number of carbonyl (C=O) groups is 2. The third kappa shape index (κ3) is 2.73. The number of amides is 1. The SMILES string of the molecule is O=C(O)c1ccc(C(=O)NCc2cn[nH]c2)cc1. The van der Waals surface area contributed by atoms with Gasteiger partial charge in [-0.1, -0.05) is 0 Å². The number of aromatic nitrogens is 2. The average molecular weight is 245 g/mol. The highest BCUT2D eigenvalue weighted by Gasteiger charge is 2.07. The molecule has 0 bridgehead atoms. The van der Waals surface area contributed by atoms with Crippen LogP contribution in [0.3, 0.4) is 0 Å². The van der Waals surface area contributed by atoms with E-state index in [4.69, 9.17) is 5.11 Å². The number of nitrogens with zero attached hydrogens (tertiary/aromatic N) is 1. The lowest BCUT2D eigenvalue weighted by atomic mass is 10.1. The predicted octanol–water partition coefficient (Wildman–Crippen LogP) is 1.04. The van der Waals surface area contributed by atoms with Crippen LogP contribution in [0, 0.1) is 0 Å². The van der Waals surface area contributed by atoms with Crippen LogP contribution in [0.1, 0.15) is 26.3 Å². The summed E-state index contributed by atoms with van der Waals surface area (Å²) < 4.78 is 0. The summed E-state index contributed by atoms with van der Waals surface area (Å²) in [6.07, 6.45) is 3.31. The van der Waals surface area contributed by atoms with Crippen LogP contribution >= 0.6 is 0 Å². The molecule has 1 heterocycles. The molecular weight excluding hydrogens is 234 g/mol. The minimum absolute atomic E-state index is 0.154. The van der Waals surface area contributed by atoms with Gasteiger partial charge in [0, 0.05) is 23.9 Å². The number of H-pyrrole nitrogens is 1. The summed E-state index contributed by atoms with van der Waals surface area (Å²) in [5.41, 5.74) is 1.44. The van der Waals surface area contributed by atoms with Crippen molar-refractivity contribution >= 4 is 11.9 Å². The Hall–Kier alpha value is -2.63. The number of hydrogen-bond acceptors (Lipinski definition) is 3. The molecule has 92 valence electrons. The van der Waals surface area contributed by atoms with Crippen molar-refractivity contribution in [1.82, 2.24) is 15.5 Å². The molecule has 0 saturated carbocycles. The molecule has 0 atom stereocenters. The zero-order valence-electron chi connectivity index (χ0n) is 9.38. The Morgan fingerprint density at radius 2 is 1.89 bits per heavy atom. The van der Waals surface area contributed by atoms with Gasteiger partial charge in [0.2, 0.25) is 0 Å². The number of nitrogens with one attached hydrogen (secondary N) is 2. The first-order valence-corrected chi connectivity index (χ1v) is 5.26. The molecule has 3 N–H and O–H groups in total. The monoisotopic (exact) mass is 245 g/mol. The van der Waals surface area contributed by atoms with E-state index >= 15 is 0 Å². The van der Waals surface area contributed by atoms with Crippen LogP contribution < -0.4 is 5.32 Å². The van der Waals surface area contributed by atoms with Crippen molar-refractivity contribution in [1.29, 1.82) is 0 Å². The van der Waals surface area contributed by atoms with E-state index in [1.165, 1.54) is 24.3 Å². The lowest BCUT2D eigenvalue weighted by Crippen LogP contribution is -2.22. The van der Waals surface area contributed by atoms with Crippen molar-refractivity contribution in [3.8, 4) is 0 Å². The number of benzene rings is 1. The first-order valence-electron chi connectivity index (χ1n) is 5.26. The van der Waals surface area contributed by atoms with Gasteiger partial charge in [-0.15, -0.1) is 0 Å². The molecule has 2 rings (SSSR count). The quantitative estimate of drug-likeness (QED) is 0.749. The summed E-state index contributed by atoms with van der Waals surface area (Å²) in [5, 5.41) is 17.8. The average Bonchev–Trinajstić information content (AvgIpc) is 2.89. The maximum absolute atomic E-state index is 11.7. The smallest absolute Gasteiger partial charge is 0.335 e. The number of aromatic carboxylic acids is 1.